The van der Waals surface area contributed by atoms with Gasteiger partial charge in [-0.1, -0.05) is 43.5 Å². The first-order valence-electron chi connectivity index (χ1n) is 4.97. The third kappa shape index (κ3) is 2.60. The van der Waals surface area contributed by atoms with Gasteiger partial charge in [0.05, 0.1) is 9.70 Å². The molecule has 1 heterocycles. The molecule has 0 fully saturated rings. The van der Waals surface area contributed by atoms with Crippen molar-refractivity contribution in [2.45, 2.75) is 11.8 Å². The predicted octanol–water partition coefficient (Wildman–Crippen LogP) is 5.20. The highest BCUT2D eigenvalue weighted by atomic mass is 79.9. The highest BCUT2D eigenvalue weighted by Crippen LogP contribution is 2.34. The van der Waals surface area contributed by atoms with E-state index in [-0.39, 0.29) is 10.6 Å². The van der Waals surface area contributed by atoms with Crippen molar-refractivity contribution in [3.05, 3.63) is 33.7 Å². The quantitative estimate of drug-likeness (QED) is 0.515. The van der Waals surface area contributed by atoms with Gasteiger partial charge in [0.25, 0.3) is 0 Å². The van der Waals surface area contributed by atoms with Crippen LogP contribution in [0.15, 0.2) is 18.2 Å². The minimum absolute atomic E-state index is 0.122. The largest absolute Gasteiger partial charge is 0.292 e. The van der Waals surface area contributed by atoms with Gasteiger partial charge in [-0.25, -0.2) is 0 Å². The number of carbonyl (C=O) groups is 1. The summed E-state index contributed by atoms with van der Waals surface area (Å²) in [6.45, 7) is 1.97. The molecule has 0 aliphatic heterocycles. The van der Waals surface area contributed by atoms with Crippen molar-refractivity contribution in [3.8, 4) is 0 Å². The first kappa shape index (κ1) is 13.5. The van der Waals surface area contributed by atoms with Crippen LogP contribution in [0.5, 0.6) is 0 Å². The van der Waals surface area contributed by atoms with Crippen molar-refractivity contribution in [2.24, 2.45) is 0 Å². The standard InChI is InChI=1S/C12H9Br2ClOS/c1-6-8-4-7(15)2-3-10(8)17-12(6)11(16)9(14)5-13/h2-4,9H,5H2,1H3. The monoisotopic (exact) mass is 394 g/mol. The van der Waals surface area contributed by atoms with Gasteiger partial charge in [-0.3, -0.25) is 4.79 Å². The molecule has 0 bridgehead atoms. The molecule has 5 heteroatoms. The zero-order valence-corrected chi connectivity index (χ0v) is 13.7. The molecule has 2 rings (SSSR count). The van der Waals surface area contributed by atoms with Gasteiger partial charge in [0.15, 0.2) is 5.78 Å². The Kier molecular flexibility index (Phi) is 4.29. The molecule has 1 aromatic carbocycles. The van der Waals surface area contributed by atoms with Crippen LogP contribution in [0.1, 0.15) is 15.2 Å². The number of hydrogen-bond acceptors (Lipinski definition) is 2. The van der Waals surface area contributed by atoms with E-state index in [0.29, 0.717) is 10.4 Å². The Morgan fingerprint density at radius 2 is 2.24 bits per heavy atom. The molecule has 0 aliphatic carbocycles. The molecular weight excluding hydrogens is 387 g/mol. The number of ketones is 1. The summed E-state index contributed by atoms with van der Waals surface area (Å²) < 4.78 is 1.10. The van der Waals surface area contributed by atoms with Crippen molar-refractivity contribution in [1.29, 1.82) is 0 Å². The molecule has 1 aromatic heterocycles. The number of halogens is 3. The van der Waals surface area contributed by atoms with E-state index in [1.807, 2.05) is 25.1 Å². The third-order valence-electron chi connectivity index (χ3n) is 2.54. The summed E-state index contributed by atoms with van der Waals surface area (Å²) in [5.41, 5.74) is 1.02. The van der Waals surface area contributed by atoms with Crippen LogP contribution in [-0.4, -0.2) is 15.9 Å². The lowest BCUT2D eigenvalue weighted by atomic mass is 10.1. The molecule has 0 amide bonds. The van der Waals surface area contributed by atoms with E-state index >= 15 is 0 Å². The maximum atomic E-state index is 12.2. The highest BCUT2D eigenvalue weighted by Gasteiger charge is 2.21. The second-order valence-electron chi connectivity index (χ2n) is 3.68. The minimum atomic E-state index is -0.176. The Bertz CT molecular complexity index is 579. The predicted molar refractivity (Wildman–Crippen MR) is 82.4 cm³/mol. The fourth-order valence-corrected chi connectivity index (χ4v) is 3.67. The Balaban J connectivity index is 2.56. The third-order valence-corrected chi connectivity index (χ3v) is 6.32. The Morgan fingerprint density at radius 3 is 2.88 bits per heavy atom. The van der Waals surface area contributed by atoms with Crippen molar-refractivity contribution >= 4 is 70.7 Å². The Hall–Kier alpha value is 0.1000. The van der Waals surface area contributed by atoms with Crippen LogP contribution >= 0.6 is 54.8 Å². The molecule has 1 unspecified atom stereocenters. The number of Topliss-reactive ketones (excluding diaryl/α,β-unsaturated/α-hetero) is 1. The van der Waals surface area contributed by atoms with E-state index in [2.05, 4.69) is 31.9 Å². The number of hydrogen-bond donors (Lipinski definition) is 0. The smallest absolute Gasteiger partial charge is 0.187 e. The van der Waals surface area contributed by atoms with Crippen LogP contribution in [0.2, 0.25) is 5.02 Å². The van der Waals surface area contributed by atoms with Crippen molar-refractivity contribution in [1.82, 2.24) is 0 Å². The first-order valence-corrected chi connectivity index (χ1v) is 8.20. The summed E-state index contributed by atoms with van der Waals surface area (Å²) in [7, 11) is 0. The molecule has 0 N–H and O–H groups in total. The Labute approximate surface area is 125 Å². The number of alkyl halides is 2. The SMILES string of the molecule is Cc1c(C(=O)C(Br)CBr)sc2ccc(Cl)cc12. The van der Waals surface area contributed by atoms with Gasteiger partial charge in [0.1, 0.15) is 0 Å². The van der Waals surface area contributed by atoms with Crippen molar-refractivity contribution in [2.75, 3.05) is 5.33 Å². The second kappa shape index (κ2) is 5.39. The average Bonchev–Trinajstić information content (AvgIpc) is 2.65. The molecule has 0 saturated heterocycles. The van der Waals surface area contributed by atoms with Crippen molar-refractivity contribution < 1.29 is 4.79 Å². The van der Waals surface area contributed by atoms with Crippen LogP contribution in [0.4, 0.5) is 0 Å². The minimum Gasteiger partial charge on any atom is -0.292 e. The molecule has 17 heavy (non-hydrogen) atoms. The maximum Gasteiger partial charge on any atom is 0.187 e. The topological polar surface area (TPSA) is 17.1 Å². The molecule has 1 nitrogen and oxygen atoms in total. The molecular formula is C12H9Br2ClOS. The lowest BCUT2D eigenvalue weighted by molar-refractivity contribution is 0.100. The summed E-state index contributed by atoms with van der Waals surface area (Å²) in [6.07, 6.45) is 0. The van der Waals surface area contributed by atoms with E-state index in [0.717, 1.165) is 20.5 Å². The summed E-state index contributed by atoms with van der Waals surface area (Å²) in [5, 5.41) is 2.38. The number of aryl methyl sites for hydroxylation is 1. The molecule has 0 aliphatic rings. The molecule has 0 radical (unpaired) electrons. The van der Waals surface area contributed by atoms with E-state index in [4.69, 9.17) is 11.6 Å². The van der Waals surface area contributed by atoms with Gasteiger partial charge in [0, 0.05) is 15.1 Å². The summed E-state index contributed by atoms with van der Waals surface area (Å²) in [4.78, 5) is 12.8. The van der Waals surface area contributed by atoms with Gasteiger partial charge in [-0.05, 0) is 36.1 Å². The normalized spacial score (nSPS) is 12.9. The van der Waals surface area contributed by atoms with Gasteiger partial charge >= 0.3 is 0 Å². The lowest BCUT2D eigenvalue weighted by Crippen LogP contribution is -2.14. The number of benzene rings is 1. The van der Waals surface area contributed by atoms with Crippen LogP contribution in [0.25, 0.3) is 10.1 Å². The average molecular weight is 397 g/mol. The van der Waals surface area contributed by atoms with E-state index in [1.54, 1.807) is 0 Å². The van der Waals surface area contributed by atoms with E-state index < -0.39 is 0 Å². The fraction of sp³-hybridized carbons (Fsp3) is 0.250. The molecule has 2 aromatic rings. The molecule has 1 atom stereocenters. The van der Waals surface area contributed by atoms with Gasteiger partial charge in [-0.15, -0.1) is 11.3 Å². The number of rotatable bonds is 3. The highest BCUT2D eigenvalue weighted by molar-refractivity contribution is 9.12. The molecule has 0 spiro atoms. The van der Waals surface area contributed by atoms with Gasteiger partial charge < -0.3 is 0 Å². The van der Waals surface area contributed by atoms with E-state index in [1.165, 1.54) is 11.3 Å². The van der Waals surface area contributed by atoms with Gasteiger partial charge in [-0.2, -0.15) is 0 Å². The van der Waals surface area contributed by atoms with Crippen LogP contribution < -0.4 is 0 Å². The maximum absolute atomic E-state index is 12.2. The number of fused-ring (bicyclic) bond motifs is 1. The van der Waals surface area contributed by atoms with Crippen LogP contribution in [0.3, 0.4) is 0 Å². The molecule has 90 valence electrons. The summed E-state index contributed by atoms with van der Waals surface area (Å²) in [5.74, 6) is 0.122. The van der Waals surface area contributed by atoms with E-state index in [9.17, 15) is 4.79 Å². The number of carbonyl (C=O) groups excluding carboxylic acids is 1. The van der Waals surface area contributed by atoms with Crippen LogP contribution in [-0.2, 0) is 0 Å². The zero-order chi connectivity index (χ0) is 12.6. The second-order valence-corrected chi connectivity index (χ2v) is 6.92. The Morgan fingerprint density at radius 1 is 1.53 bits per heavy atom. The lowest BCUT2D eigenvalue weighted by Gasteiger charge is -2.03. The summed E-state index contributed by atoms with van der Waals surface area (Å²) >= 11 is 14.2. The first-order chi connectivity index (χ1) is 8.04. The molecule has 0 saturated carbocycles. The van der Waals surface area contributed by atoms with Crippen LogP contribution in [0, 0.1) is 6.92 Å². The zero-order valence-electron chi connectivity index (χ0n) is 8.97. The number of thiophene rings is 1. The summed E-state index contributed by atoms with van der Waals surface area (Å²) in [6, 6.07) is 5.73. The van der Waals surface area contributed by atoms with Gasteiger partial charge in [0.2, 0.25) is 0 Å². The van der Waals surface area contributed by atoms with Crippen molar-refractivity contribution in [3.63, 3.8) is 0 Å². The fourth-order valence-electron chi connectivity index (χ4n) is 1.64.